The van der Waals surface area contributed by atoms with Gasteiger partial charge in [-0.2, -0.15) is 0 Å². The highest BCUT2D eigenvalue weighted by Gasteiger charge is 2.33. The topological polar surface area (TPSA) is 29.1 Å². The van der Waals surface area contributed by atoms with Gasteiger partial charge in [-0.25, -0.2) is 0 Å². The Morgan fingerprint density at radius 2 is 1.68 bits per heavy atom. The van der Waals surface area contributed by atoms with Crippen molar-refractivity contribution >= 4 is 5.91 Å². The summed E-state index contributed by atoms with van der Waals surface area (Å²) in [5, 5.41) is 3.32. The summed E-state index contributed by atoms with van der Waals surface area (Å²) in [6.07, 6.45) is 10.8. The molecule has 19 heavy (non-hydrogen) atoms. The van der Waals surface area contributed by atoms with Crippen molar-refractivity contribution in [3.05, 3.63) is 0 Å². The number of amides is 1. The van der Waals surface area contributed by atoms with Gasteiger partial charge in [-0.15, -0.1) is 0 Å². The third-order valence-electron chi connectivity index (χ3n) is 5.78. The monoisotopic (exact) mass is 265 g/mol. The first-order chi connectivity index (χ1) is 9.02. The number of nitrogens with one attached hydrogen (secondary N) is 1. The Hall–Kier alpha value is -0.530. The predicted octanol–water partition coefficient (Wildman–Crippen LogP) is 4.29. The maximum Gasteiger partial charge on any atom is 0.223 e. The second-order valence-electron chi connectivity index (χ2n) is 7.40. The van der Waals surface area contributed by atoms with E-state index in [4.69, 9.17) is 0 Å². The molecule has 0 radical (unpaired) electrons. The van der Waals surface area contributed by atoms with Crippen LogP contribution in [0.25, 0.3) is 0 Å². The number of carbonyl (C=O) groups excluding carboxylic acids is 1. The summed E-state index contributed by atoms with van der Waals surface area (Å²) >= 11 is 0. The minimum atomic E-state index is 0.291. The second-order valence-corrected chi connectivity index (χ2v) is 7.40. The Morgan fingerprint density at radius 3 is 2.21 bits per heavy atom. The van der Waals surface area contributed by atoms with Crippen LogP contribution in [-0.2, 0) is 4.79 Å². The van der Waals surface area contributed by atoms with Gasteiger partial charge in [0.2, 0.25) is 5.91 Å². The molecule has 0 unspecified atom stereocenters. The van der Waals surface area contributed by atoms with Crippen molar-refractivity contribution in [1.29, 1.82) is 0 Å². The molecule has 0 heterocycles. The number of hydrogen-bond donors (Lipinski definition) is 1. The zero-order chi connectivity index (χ0) is 13.9. The smallest absolute Gasteiger partial charge is 0.223 e. The molecule has 0 atom stereocenters. The van der Waals surface area contributed by atoms with Crippen LogP contribution in [-0.4, -0.2) is 11.9 Å². The quantitative estimate of drug-likeness (QED) is 0.810. The van der Waals surface area contributed by atoms with E-state index in [1.165, 1.54) is 44.9 Å². The van der Waals surface area contributed by atoms with Crippen molar-refractivity contribution in [2.75, 3.05) is 0 Å². The van der Waals surface area contributed by atoms with E-state index in [-0.39, 0.29) is 0 Å². The summed E-state index contributed by atoms with van der Waals surface area (Å²) in [6.45, 7) is 6.98. The summed E-state index contributed by atoms with van der Waals surface area (Å²) in [6, 6.07) is 0.461. The van der Waals surface area contributed by atoms with Crippen LogP contribution < -0.4 is 5.32 Å². The van der Waals surface area contributed by atoms with Crippen molar-refractivity contribution in [3.63, 3.8) is 0 Å². The maximum absolute atomic E-state index is 12.3. The van der Waals surface area contributed by atoms with Gasteiger partial charge in [-0.3, -0.25) is 4.79 Å². The fraction of sp³-hybridized carbons (Fsp3) is 0.941. The molecule has 2 heteroatoms. The van der Waals surface area contributed by atoms with Crippen molar-refractivity contribution in [2.24, 2.45) is 17.3 Å². The summed E-state index contributed by atoms with van der Waals surface area (Å²) in [7, 11) is 0. The molecule has 0 aromatic carbocycles. The van der Waals surface area contributed by atoms with E-state index in [0.29, 0.717) is 23.3 Å². The fourth-order valence-electron chi connectivity index (χ4n) is 3.65. The molecule has 0 aliphatic heterocycles. The molecular weight excluding hydrogens is 234 g/mol. The van der Waals surface area contributed by atoms with Gasteiger partial charge in [-0.1, -0.05) is 27.2 Å². The third-order valence-corrected chi connectivity index (χ3v) is 5.78. The Kier molecular flexibility index (Phi) is 4.92. The second kappa shape index (κ2) is 6.28. The molecule has 2 saturated carbocycles. The number of carbonyl (C=O) groups is 1. The predicted molar refractivity (Wildman–Crippen MR) is 79.9 cm³/mol. The number of hydrogen-bond acceptors (Lipinski definition) is 1. The summed E-state index contributed by atoms with van der Waals surface area (Å²) < 4.78 is 0. The molecule has 2 rings (SSSR count). The lowest BCUT2D eigenvalue weighted by molar-refractivity contribution is -0.127. The van der Waals surface area contributed by atoms with Crippen LogP contribution in [0.4, 0.5) is 0 Å². The highest BCUT2D eigenvalue weighted by molar-refractivity contribution is 5.79. The Bertz CT molecular complexity index is 296. The molecular formula is C17H31NO. The van der Waals surface area contributed by atoms with Gasteiger partial charge in [0.25, 0.3) is 0 Å². The first-order valence-electron chi connectivity index (χ1n) is 8.33. The zero-order valence-electron chi connectivity index (χ0n) is 13.0. The minimum Gasteiger partial charge on any atom is -0.353 e. The Labute approximate surface area is 118 Å². The lowest BCUT2D eigenvalue weighted by Gasteiger charge is -2.37. The lowest BCUT2D eigenvalue weighted by atomic mass is 9.70. The average Bonchev–Trinajstić information content (AvgIpc) is 2.42. The fourth-order valence-corrected chi connectivity index (χ4v) is 3.65. The van der Waals surface area contributed by atoms with E-state index < -0.39 is 0 Å². The molecule has 2 aliphatic carbocycles. The Balaban J connectivity index is 1.75. The zero-order valence-corrected chi connectivity index (χ0v) is 13.0. The van der Waals surface area contributed by atoms with Gasteiger partial charge in [0, 0.05) is 12.0 Å². The van der Waals surface area contributed by atoms with Gasteiger partial charge in [-0.05, 0) is 62.7 Å². The van der Waals surface area contributed by atoms with E-state index in [0.717, 1.165) is 18.8 Å². The van der Waals surface area contributed by atoms with Crippen molar-refractivity contribution < 1.29 is 4.79 Å². The first-order valence-corrected chi connectivity index (χ1v) is 8.33. The van der Waals surface area contributed by atoms with Crippen LogP contribution in [0.15, 0.2) is 0 Å². The van der Waals surface area contributed by atoms with E-state index >= 15 is 0 Å². The molecule has 0 aromatic heterocycles. The van der Waals surface area contributed by atoms with Crippen LogP contribution in [0.3, 0.4) is 0 Å². The molecule has 2 aliphatic rings. The van der Waals surface area contributed by atoms with Crippen molar-refractivity contribution in [3.8, 4) is 0 Å². The SMILES string of the molecule is CCC1(C)CCC(C(=O)NC2CCC(C)CC2)CC1. The van der Waals surface area contributed by atoms with Gasteiger partial charge in [0.05, 0.1) is 0 Å². The minimum absolute atomic E-state index is 0.291. The molecule has 0 saturated heterocycles. The van der Waals surface area contributed by atoms with Crippen molar-refractivity contribution in [2.45, 2.75) is 84.6 Å². The lowest BCUT2D eigenvalue weighted by Crippen LogP contribution is -2.42. The van der Waals surface area contributed by atoms with E-state index in [9.17, 15) is 4.79 Å². The van der Waals surface area contributed by atoms with Crippen LogP contribution >= 0.6 is 0 Å². The molecule has 0 spiro atoms. The van der Waals surface area contributed by atoms with Crippen LogP contribution in [0, 0.1) is 17.3 Å². The van der Waals surface area contributed by atoms with Crippen LogP contribution in [0.1, 0.15) is 78.6 Å². The molecule has 2 fully saturated rings. The van der Waals surface area contributed by atoms with Crippen LogP contribution in [0.2, 0.25) is 0 Å². The van der Waals surface area contributed by atoms with E-state index in [2.05, 4.69) is 26.1 Å². The van der Waals surface area contributed by atoms with Gasteiger partial charge in [0.1, 0.15) is 0 Å². The first kappa shape index (κ1) is 14.9. The maximum atomic E-state index is 12.3. The standard InChI is InChI=1S/C17H31NO/c1-4-17(3)11-9-14(10-12-17)16(19)18-15-7-5-13(2)6-8-15/h13-15H,4-12H2,1-3H3,(H,18,19). The summed E-state index contributed by atoms with van der Waals surface area (Å²) in [5.74, 6) is 1.49. The molecule has 110 valence electrons. The molecule has 0 aromatic rings. The largest absolute Gasteiger partial charge is 0.353 e. The Morgan fingerprint density at radius 1 is 1.11 bits per heavy atom. The highest BCUT2D eigenvalue weighted by atomic mass is 16.1. The van der Waals surface area contributed by atoms with Gasteiger partial charge < -0.3 is 5.32 Å². The van der Waals surface area contributed by atoms with E-state index in [1.807, 2.05) is 0 Å². The third kappa shape index (κ3) is 3.97. The van der Waals surface area contributed by atoms with E-state index in [1.54, 1.807) is 0 Å². The number of rotatable bonds is 3. The highest BCUT2D eigenvalue weighted by Crippen LogP contribution is 2.41. The normalized spacial score (nSPS) is 39.8. The molecule has 2 nitrogen and oxygen atoms in total. The van der Waals surface area contributed by atoms with Gasteiger partial charge in [0.15, 0.2) is 0 Å². The molecule has 1 N–H and O–H groups in total. The summed E-state index contributed by atoms with van der Waals surface area (Å²) in [5.41, 5.74) is 0.497. The average molecular weight is 265 g/mol. The summed E-state index contributed by atoms with van der Waals surface area (Å²) in [4.78, 5) is 12.3. The van der Waals surface area contributed by atoms with Crippen LogP contribution in [0.5, 0.6) is 0 Å². The van der Waals surface area contributed by atoms with Gasteiger partial charge >= 0.3 is 0 Å². The molecule has 0 bridgehead atoms. The van der Waals surface area contributed by atoms with Crippen molar-refractivity contribution in [1.82, 2.24) is 5.32 Å². The molecule has 1 amide bonds.